The third kappa shape index (κ3) is 6.20. The molecule has 0 heterocycles. The van der Waals surface area contributed by atoms with E-state index in [1.165, 1.54) is 5.41 Å². The molecule has 0 fully saturated rings. The first-order chi connectivity index (χ1) is 11.6. The number of nitrogens with zero attached hydrogens (tertiary/aromatic N) is 1. The summed E-state index contributed by atoms with van der Waals surface area (Å²) < 4.78 is 26.3. The van der Waals surface area contributed by atoms with Crippen molar-refractivity contribution in [2.75, 3.05) is 12.3 Å². The number of benzene rings is 2. The number of hydrogen-bond donors (Lipinski definition) is 1. The molecule has 0 aliphatic carbocycles. The van der Waals surface area contributed by atoms with Crippen LogP contribution in [-0.4, -0.2) is 20.7 Å². The van der Waals surface area contributed by atoms with Crippen LogP contribution in [0.1, 0.15) is 16.7 Å². The van der Waals surface area contributed by atoms with Gasteiger partial charge in [-0.1, -0.05) is 48.5 Å². The summed E-state index contributed by atoms with van der Waals surface area (Å²) in [5.41, 5.74) is 2.47. The summed E-state index contributed by atoms with van der Waals surface area (Å²) in [6, 6.07) is 18.9. The van der Waals surface area contributed by atoms with Crippen LogP contribution >= 0.6 is 11.8 Å². The quantitative estimate of drug-likeness (QED) is 0.735. The molecule has 0 spiro atoms. The Morgan fingerprint density at radius 1 is 1.08 bits per heavy atom. The lowest BCUT2D eigenvalue weighted by Crippen LogP contribution is -2.23. The number of rotatable bonds is 8. The highest BCUT2D eigenvalue weighted by atomic mass is 32.2. The molecule has 0 radical (unpaired) electrons. The normalized spacial score (nSPS) is 11.5. The SMILES string of the molecule is N#Cc1ccccc1CSCCNS(=O)(=O)/C=C/c1ccccc1. The van der Waals surface area contributed by atoms with Crippen molar-refractivity contribution < 1.29 is 8.42 Å². The van der Waals surface area contributed by atoms with E-state index in [0.717, 1.165) is 11.1 Å². The average molecular weight is 358 g/mol. The van der Waals surface area contributed by atoms with Crippen LogP contribution < -0.4 is 4.72 Å². The molecule has 0 amide bonds. The summed E-state index contributed by atoms with van der Waals surface area (Å²) in [6.45, 7) is 0.348. The Bertz CT molecular complexity index is 826. The van der Waals surface area contributed by atoms with Crippen molar-refractivity contribution in [2.45, 2.75) is 5.75 Å². The van der Waals surface area contributed by atoms with Gasteiger partial charge in [-0.3, -0.25) is 0 Å². The first-order valence-corrected chi connectivity index (χ1v) is 10.1. The maximum atomic E-state index is 11.9. The van der Waals surface area contributed by atoms with Crippen molar-refractivity contribution in [3.8, 4) is 6.07 Å². The highest BCUT2D eigenvalue weighted by molar-refractivity contribution is 7.98. The summed E-state index contributed by atoms with van der Waals surface area (Å²) in [7, 11) is -3.43. The maximum Gasteiger partial charge on any atom is 0.233 e. The Balaban J connectivity index is 1.75. The molecular formula is C18H18N2O2S2. The van der Waals surface area contributed by atoms with Gasteiger partial charge in [0.15, 0.2) is 0 Å². The minimum atomic E-state index is -3.43. The second-order valence-electron chi connectivity index (χ2n) is 4.97. The lowest BCUT2D eigenvalue weighted by molar-refractivity contribution is 0.593. The van der Waals surface area contributed by atoms with Crippen LogP contribution in [0.15, 0.2) is 60.0 Å². The molecule has 0 atom stereocenters. The van der Waals surface area contributed by atoms with Crippen molar-refractivity contribution in [3.63, 3.8) is 0 Å². The third-order valence-electron chi connectivity index (χ3n) is 3.18. The van der Waals surface area contributed by atoms with Gasteiger partial charge in [0.05, 0.1) is 11.6 Å². The maximum absolute atomic E-state index is 11.9. The van der Waals surface area contributed by atoms with E-state index in [9.17, 15) is 8.42 Å². The third-order valence-corrected chi connectivity index (χ3v) is 5.29. The zero-order valence-electron chi connectivity index (χ0n) is 13.1. The van der Waals surface area contributed by atoms with Gasteiger partial charge in [-0.05, 0) is 23.3 Å². The van der Waals surface area contributed by atoms with Gasteiger partial charge in [-0.25, -0.2) is 13.1 Å². The fourth-order valence-electron chi connectivity index (χ4n) is 1.97. The van der Waals surface area contributed by atoms with Gasteiger partial charge < -0.3 is 0 Å². The van der Waals surface area contributed by atoms with E-state index in [4.69, 9.17) is 5.26 Å². The Labute approximate surface area is 147 Å². The highest BCUT2D eigenvalue weighted by Gasteiger charge is 2.05. The van der Waals surface area contributed by atoms with Gasteiger partial charge in [0, 0.05) is 23.5 Å². The minimum Gasteiger partial charge on any atom is -0.211 e. The number of nitrogens with one attached hydrogen (secondary N) is 1. The molecule has 6 heteroatoms. The van der Waals surface area contributed by atoms with Gasteiger partial charge >= 0.3 is 0 Å². The average Bonchev–Trinajstić information content (AvgIpc) is 2.61. The smallest absolute Gasteiger partial charge is 0.211 e. The molecule has 1 N–H and O–H groups in total. The molecule has 4 nitrogen and oxygen atoms in total. The molecule has 0 aliphatic rings. The number of sulfonamides is 1. The highest BCUT2D eigenvalue weighted by Crippen LogP contribution is 2.15. The second kappa shape index (κ2) is 9.28. The first kappa shape index (κ1) is 18.3. The summed E-state index contributed by atoms with van der Waals surface area (Å²) in [4.78, 5) is 0. The topological polar surface area (TPSA) is 70.0 Å². The molecule has 2 aromatic rings. The number of thioether (sulfide) groups is 1. The van der Waals surface area contributed by atoms with Crippen LogP contribution in [0.25, 0.3) is 6.08 Å². The van der Waals surface area contributed by atoms with Crippen molar-refractivity contribution in [2.24, 2.45) is 0 Å². The van der Waals surface area contributed by atoms with Crippen LogP contribution in [0.2, 0.25) is 0 Å². The summed E-state index contributed by atoms with van der Waals surface area (Å²) in [5, 5.41) is 10.2. The van der Waals surface area contributed by atoms with Gasteiger partial charge in [-0.2, -0.15) is 17.0 Å². The van der Waals surface area contributed by atoms with Crippen LogP contribution in [0.4, 0.5) is 0 Å². The Morgan fingerprint density at radius 2 is 1.79 bits per heavy atom. The molecular weight excluding hydrogens is 340 g/mol. The Morgan fingerprint density at radius 3 is 2.54 bits per heavy atom. The van der Waals surface area contributed by atoms with Gasteiger partial charge in [0.25, 0.3) is 0 Å². The number of hydrogen-bond acceptors (Lipinski definition) is 4. The summed E-state index contributed by atoms with van der Waals surface area (Å²) >= 11 is 1.59. The van der Waals surface area contributed by atoms with E-state index in [1.54, 1.807) is 23.9 Å². The van der Waals surface area contributed by atoms with Crippen molar-refractivity contribution in [3.05, 3.63) is 76.7 Å². The zero-order valence-corrected chi connectivity index (χ0v) is 14.7. The second-order valence-corrected chi connectivity index (χ2v) is 7.73. The van der Waals surface area contributed by atoms with Gasteiger partial charge in [0.1, 0.15) is 0 Å². The molecule has 0 aromatic heterocycles. The lowest BCUT2D eigenvalue weighted by Gasteiger charge is -2.05. The van der Waals surface area contributed by atoms with E-state index in [0.29, 0.717) is 23.6 Å². The summed E-state index contributed by atoms with van der Waals surface area (Å²) in [6.07, 6.45) is 1.57. The van der Waals surface area contributed by atoms with E-state index in [2.05, 4.69) is 10.8 Å². The molecule has 0 saturated heterocycles. The molecule has 24 heavy (non-hydrogen) atoms. The summed E-state index contributed by atoms with van der Waals surface area (Å²) in [5.74, 6) is 1.32. The molecule has 0 unspecified atom stereocenters. The van der Waals surface area contributed by atoms with Crippen LogP contribution in [0.3, 0.4) is 0 Å². The van der Waals surface area contributed by atoms with E-state index < -0.39 is 10.0 Å². The first-order valence-electron chi connectivity index (χ1n) is 7.39. The molecule has 124 valence electrons. The Hall–Kier alpha value is -2.07. The minimum absolute atomic E-state index is 0.348. The molecule has 2 aromatic carbocycles. The van der Waals surface area contributed by atoms with Crippen molar-refractivity contribution in [1.82, 2.24) is 4.72 Å². The van der Waals surface area contributed by atoms with Gasteiger partial charge in [-0.15, -0.1) is 0 Å². The molecule has 0 aliphatic heterocycles. The molecule has 2 rings (SSSR count). The fraction of sp³-hybridized carbons (Fsp3) is 0.167. The molecule has 0 saturated carbocycles. The van der Waals surface area contributed by atoms with Crippen LogP contribution in [0.5, 0.6) is 0 Å². The predicted octanol–water partition coefficient (Wildman–Crippen LogP) is 3.38. The largest absolute Gasteiger partial charge is 0.233 e. The fourth-order valence-corrected chi connectivity index (χ4v) is 3.78. The standard InChI is InChI=1S/C18H18N2O2S2/c19-14-17-8-4-5-9-18(17)15-23-12-11-20-24(21,22)13-10-16-6-2-1-3-7-16/h1-10,13,20H,11-12,15H2/b13-10+. The number of nitriles is 1. The van der Waals surface area contributed by atoms with Crippen molar-refractivity contribution >= 4 is 27.9 Å². The van der Waals surface area contributed by atoms with Gasteiger partial charge in [0.2, 0.25) is 10.0 Å². The molecule has 0 bridgehead atoms. The zero-order chi connectivity index (χ0) is 17.3. The lowest BCUT2D eigenvalue weighted by atomic mass is 10.1. The van der Waals surface area contributed by atoms with E-state index in [-0.39, 0.29) is 0 Å². The van der Waals surface area contributed by atoms with E-state index in [1.807, 2.05) is 48.5 Å². The van der Waals surface area contributed by atoms with Crippen LogP contribution in [-0.2, 0) is 15.8 Å². The predicted molar refractivity (Wildman–Crippen MR) is 99.7 cm³/mol. The van der Waals surface area contributed by atoms with E-state index >= 15 is 0 Å². The monoisotopic (exact) mass is 358 g/mol. The van der Waals surface area contributed by atoms with Crippen molar-refractivity contribution in [1.29, 1.82) is 5.26 Å². The Kier molecular flexibility index (Phi) is 7.07. The van der Waals surface area contributed by atoms with Crippen LogP contribution in [0, 0.1) is 11.3 Å².